The Balaban J connectivity index is 2.44. The average Bonchev–Trinajstić information content (AvgIpc) is 1.94. The lowest BCUT2D eigenvalue weighted by Gasteiger charge is -2.18. The maximum absolute atomic E-state index is 5.46. The maximum atomic E-state index is 5.46. The summed E-state index contributed by atoms with van der Waals surface area (Å²) in [5.74, 6) is 1.35. The number of nitrogens with two attached hydrogens (primary N) is 1. The fourth-order valence-electron chi connectivity index (χ4n) is 1.32. The van der Waals surface area contributed by atoms with Gasteiger partial charge < -0.3 is 5.73 Å². The van der Waals surface area contributed by atoms with Crippen molar-refractivity contribution < 1.29 is 0 Å². The van der Waals surface area contributed by atoms with Gasteiger partial charge in [-0.25, -0.2) is 0 Å². The van der Waals surface area contributed by atoms with E-state index in [0.717, 1.165) is 13.0 Å². The van der Waals surface area contributed by atoms with Gasteiger partial charge in [0.2, 0.25) is 0 Å². The smallest absolute Gasteiger partial charge is 0.00714 e. The normalized spacial score (nSPS) is 31.0. The molecule has 0 aromatic rings. The molecule has 1 rings (SSSR count). The highest BCUT2D eigenvalue weighted by Crippen LogP contribution is 2.21. The van der Waals surface area contributed by atoms with Crippen LogP contribution in [0, 0.1) is 11.8 Å². The zero-order chi connectivity index (χ0) is 7.40. The lowest BCUT2D eigenvalue weighted by atomic mass is 9.88. The third-order valence-corrected chi connectivity index (χ3v) is 2.06. The molecule has 0 aromatic heterocycles. The van der Waals surface area contributed by atoms with Crippen LogP contribution in [-0.4, -0.2) is 6.54 Å². The largest absolute Gasteiger partial charge is 0.330 e. The van der Waals surface area contributed by atoms with Gasteiger partial charge in [-0.2, -0.15) is 0 Å². The SMILES string of the molecule is CC1C=CC=CC1CCN. The number of hydrogen-bond acceptors (Lipinski definition) is 1. The molecule has 2 unspecified atom stereocenters. The summed E-state index contributed by atoms with van der Waals surface area (Å²) in [6, 6.07) is 0. The van der Waals surface area contributed by atoms with E-state index in [-0.39, 0.29) is 0 Å². The van der Waals surface area contributed by atoms with Gasteiger partial charge in [0.05, 0.1) is 0 Å². The summed E-state index contributed by atoms with van der Waals surface area (Å²) < 4.78 is 0. The van der Waals surface area contributed by atoms with Gasteiger partial charge in [-0.1, -0.05) is 31.2 Å². The Morgan fingerprint density at radius 1 is 1.30 bits per heavy atom. The second-order valence-electron chi connectivity index (χ2n) is 2.87. The molecule has 0 radical (unpaired) electrons. The van der Waals surface area contributed by atoms with Crippen LogP contribution in [0.2, 0.25) is 0 Å². The van der Waals surface area contributed by atoms with Crippen LogP contribution in [0.5, 0.6) is 0 Å². The molecule has 1 nitrogen and oxygen atoms in total. The van der Waals surface area contributed by atoms with E-state index in [1.54, 1.807) is 0 Å². The van der Waals surface area contributed by atoms with Crippen molar-refractivity contribution in [2.24, 2.45) is 17.6 Å². The second kappa shape index (κ2) is 3.57. The first-order chi connectivity index (χ1) is 4.84. The fourth-order valence-corrected chi connectivity index (χ4v) is 1.32. The molecule has 1 heteroatoms. The van der Waals surface area contributed by atoms with Crippen molar-refractivity contribution in [2.75, 3.05) is 6.54 Å². The van der Waals surface area contributed by atoms with Crippen molar-refractivity contribution in [1.29, 1.82) is 0 Å². The molecule has 0 spiro atoms. The quantitative estimate of drug-likeness (QED) is 0.616. The Hall–Kier alpha value is -0.560. The van der Waals surface area contributed by atoms with E-state index < -0.39 is 0 Å². The van der Waals surface area contributed by atoms with Gasteiger partial charge in [0.1, 0.15) is 0 Å². The molecule has 1 aliphatic rings. The molecule has 1 aliphatic carbocycles. The molecule has 2 atom stereocenters. The van der Waals surface area contributed by atoms with Crippen molar-refractivity contribution >= 4 is 0 Å². The molecular formula is C9H15N. The predicted molar refractivity (Wildman–Crippen MR) is 44.6 cm³/mol. The van der Waals surface area contributed by atoms with Gasteiger partial charge in [0.15, 0.2) is 0 Å². The van der Waals surface area contributed by atoms with Crippen molar-refractivity contribution in [3.05, 3.63) is 24.3 Å². The molecule has 2 N–H and O–H groups in total. The van der Waals surface area contributed by atoms with Crippen LogP contribution in [0.25, 0.3) is 0 Å². The van der Waals surface area contributed by atoms with Gasteiger partial charge in [0.25, 0.3) is 0 Å². The van der Waals surface area contributed by atoms with Crippen LogP contribution >= 0.6 is 0 Å². The topological polar surface area (TPSA) is 26.0 Å². The summed E-state index contributed by atoms with van der Waals surface area (Å²) in [7, 11) is 0. The van der Waals surface area contributed by atoms with Gasteiger partial charge in [-0.05, 0) is 24.8 Å². The van der Waals surface area contributed by atoms with Gasteiger partial charge >= 0.3 is 0 Å². The third-order valence-electron chi connectivity index (χ3n) is 2.06. The number of hydrogen-bond donors (Lipinski definition) is 1. The molecule has 0 saturated carbocycles. The van der Waals surface area contributed by atoms with Crippen LogP contribution in [-0.2, 0) is 0 Å². The Morgan fingerprint density at radius 3 is 2.60 bits per heavy atom. The first kappa shape index (κ1) is 7.55. The van der Waals surface area contributed by atoms with Crippen molar-refractivity contribution in [1.82, 2.24) is 0 Å². The summed E-state index contributed by atoms with van der Waals surface area (Å²) >= 11 is 0. The molecule has 0 aromatic carbocycles. The zero-order valence-corrected chi connectivity index (χ0v) is 6.46. The molecule has 10 heavy (non-hydrogen) atoms. The molecule has 0 bridgehead atoms. The highest BCUT2D eigenvalue weighted by Gasteiger charge is 2.11. The first-order valence-corrected chi connectivity index (χ1v) is 3.89. The van der Waals surface area contributed by atoms with E-state index in [9.17, 15) is 0 Å². The van der Waals surface area contributed by atoms with Gasteiger partial charge in [0, 0.05) is 0 Å². The van der Waals surface area contributed by atoms with Crippen molar-refractivity contribution in [3.8, 4) is 0 Å². The lowest BCUT2D eigenvalue weighted by Crippen LogP contribution is -2.14. The zero-order valence-electron chi connectivity index (χ0n) is 6.46. The van der Waals surface area contributed by atoms with Crippen LogP contribution in [0.15, 0.2) is 24.3 Å². The van der Waals surface area contributed by atoms with E-state index in [1.165, 1.54) is 0 Å². The van der Waals surface area contributed by atoms with Crippen LogP contribution < -0.4 is 5.73 Å². The summed E-state index contributed by atoms with van der Waals surface area (Å²) in [5, 5.41) is 0. The van der Waals surface area contributed by atoms with Crippen LogP contribution in [0.4, 0.5) is 0 Å². The van der Waals surface area contributed by atoms with Crippen LogP contribution in [0.3, 0.4) is 0 Å². The molecule has 56 valence electrons. The predicted octanol–water partition coefficient (Wildman–Crippen LogP) is 1.71. The summed E-state index contributed by atoms with van der Waals surface area (Å²) in [6.45, 7) is 3.04. The number of rotatable bonds is 2. The Labute approximate surface area is 62.6 Å². The third kappa shape index (κ3) is 1.71. The molecule has 0 amide bonds. The minimum atomic E-state index is 0.675. The minimum Gasteiger partial charge on any atom is -0.330 e. The number of allylic oxidation sites excluding steroid dienone is 4. The highest BCUT2D eigenvalue weighted by molar-refractivity contribution is 5.13. The second-order valence-corrected chi connectivity index (χ2v) is 2.87. The Bertz CT molecular complexity index is 147. The maximum Gasteiger partial charge on any atom is -0.00714 e. The minimum absolute atomic E-state index is 0.675. The molecule has 0 aliphatic heterocycles. The van der Waals surface area contributed by atoms with E-state index >= 15 is 0 Å². The summed E-state index contributed by atoms with van der Waals surface area (Å²) in [5.41, 5.74) is 5.46. The average molecular weight is 137 g/mol. The molecule has 0 heterocycles. The van der Waals surface area contributed by atoms with Crippen LogP contribution in [0.1, 0.15) is 13.3 Å². The van der Waals surface area contributed by atoms with E-state index in [2.05, 4.69) is 31.2 Å². The molecule has 0 fully saturated rings. The summed E-state index contributed by atoms with van der Waals surface area (Å²) in [4.78, 5) is 0. The van der Waals surface area contributed by atoms with E-state index in [0.29, 0.717) is 11.8 Å². The monoisotopic (exact) mass is 137 g/mol. The van der Waals surface area contributed by atoms with Crippen molar-refractivity contribution in [3.63, 3.8) is 0 Å². The molecular weight excluding hydrogens is 122 g/mol. The Morgan fingerprint density at radius 2 is 2.00 bits per heavy atom. The highest BCUT2D eigenvalue weighted by atomic mass is 14.5. The summed E-state index contributed by atoms with van der Waals surface area (Å²) in [6.07, 6.45) is 9.82. The standard InChI is InChI=1S/C9H15N/c1-8-4-2-3-5-9(8)6-7-10/h2-5,8-9H,6-7,10H2,1H3. The Kier molecular flexibility index (Phi) is 2.69. The van der Waals surface area contributed by atoms with Crippen molar-refractivity contribution in [2.45, 2.75) is 13.3 Å². The van der Waals surface area contributed by atoms with Gasteiger partial charge in [-0.3, -0.25) is 0 Å². The van der Waals surface area contributed by atoms with Gasteiger partial charge in [-0.15, -0.1) is 0 Å². The molecule has 0 saturated heterocycles. The first-order valence-electron chi connectivity index (χ1n) is 3.89. The fraction of sp³-hybridized carbons (Fsp3) is 0.556. The lowest BCUT2D eigenvalue weighted by molar-refractivity contribution is 0.478. The van der Waals surface area contributed by atoms with E-state index in [4.69, 9.17) is 5.73 Å². The van der Waals surface area contributed by atoms with E-state index in [1.807, 2.05) is 0 Å².